The van der Waals surface area contributed by atoms with Crippen molar-refractivity contribution in [1.82, 2.24) is 15.3 Å². The molecule has 3 aromatic rings. The Labute approximate surface area is 204 Å². The number of ether oxygens (including phenoxy) is 1. The number of anilines is 1. The van der Waals surface area contributed by atoms with E-state index >= 15 is 0 Å². The molecule has 0 unspecified atom stereocenters. The van der Waals surface area contributed by atoms with E-state index in [9.17, 15) is 4.79 Å². The highest BCUT2D eigenvalue weighted by molar-refractivity contribution is 6.22. The fraction of sp³-hybridized carbons (Fsp3) is 0.214. The number of nitrogens with one attached hydrogen (secondary N) is 1. The number of amides is 1. The Balaban J connectivity index is 1.37. The number of hydrogen-bond acceptors (Lipinski definition) is 6. The summed E-state index contributed by atoms with van der Waals surface area (Å²) < 4.78 is 5.92. The Hall–Kier alpha value is -4.26. The second kappa shape index (κ2) is 9.93. The molecule has 2 aliphatic rings. The van der Waals surface area contributed by atoms with E-state index in [0.29, 0.717) is 11.7 Å². The SMILES string of the molecule is C=CC(=O)NC1CCC(/C=C2\N=C(c3ccc(Oc4ccccc4)cc3)c3c(N)ncnc32)CC1. The van der Waals surface area contributed by atoms with Crippen LogP contribution >= 0.6 is 0 Å². The fourth-order valence-electron chi connectivity index (χ4n) is 4.60. The predicted molar refractivity (Wildman–Crippen MR) is 137 cm³/mol. The van der Waals surface area contributed by atoms with Crippen molar-refractivity contribution in [2.45, 2.75) is 31.7 Å². The van der Waals surface area contributed by atoms with Crippen molar-refractivity contribution < 1.29 is 9.53 Å². The number of nitrogens with two attached hydrogens (primary N) is 1. The molecule has 5 rings (SSSR count). The number of benzene rings is 2. The Morgan fingerprint density at radius 3 is 2.43 bits per heavy atom. The molecule has 1 saturated carbocycles. The maximum absolute atomic E-state index is 11.6. The molecule has 2 aromatic carbocycles. The van der Waals surface area contributed by atoms with Gasteiger partial charge in [0, 0.05) is 11.6 Å². The van der Waals surface area contributed by atoms with Crippen molar-refractivity contribution in [3.63, 3.8) is 0 Å². The molecule has 1 aliphatic carbocycles. The molecule has 0 spiro atoms. The lowest BCUT2D eigenvalue weighted by molar-refractivity contribution is -0.117. The van der Waals surface area contributed by atoms with Crippen LogP contribution in [0.2, 0.25) is 0 Å². The topological polar surface area (TPSA) is 102 Å². The van der Waals surface area contributed by atoms with Crippen molar-refractivity contribution in [2.24, 2.45) is 10.9 Å². The van der Waals surface area contributed by atoms with E-state index < -0.39 is 0 Å². The van der Waals surface area contributed by atoms with Gasteiger partial charge in [-0.25, -0.2) is 15.0 Å². The number of allylic oxidation sites excluding steroid dienone is 1. The van der Waals surface area contributed by atoms with E-state index in [1.54, 1.807) is 0 Å². The zero-order valence-electron chi connectivity index (χ0n) is 19.4. The lowest BCUT2D eigenvalue weighted by Crippen LogP contribution is -2.36. The van der Waals surface area contributed by atoms with Gasteiger partial charge in [-0.1, -0.05) is 30.9 Å². The molecule has 2 heterocycles. The molecule has 1 fully saturated rings. The molecule has 0 radical (unpaired) electrons. The number of nitrogens with zero attached hydrogens (tertiary/aromatic N) is 3. The zero-order chi connectivity index (χ0) is 24.2. The molecule has 0 atom stereocenters. The van der Waals surface area contributed by atoms with Crippen molar-refractivity contribution in [3.05, 3.63) is 96.5 Å². The molecular weight excluding hydrogens is 438 g/mol. The number of para-hydroxylation sites is 1. The summed E-state index contributed by atoms with van der Waals surface area (Å²) in [6.07, 6.45) is 8.79. The van der Waals surface area contributed by atoms with Crippen LogP contribution in [0.5, 0.6) is 11.5 Å². The number of nitrogen functional groups attached to an aromatic ring is 1. The minimum Gasteiger partial charge on any atom is -0.457 e. The first-order chi connectivity index (χ1) is 17.1. The summed E-state index contributed by atoms with van der Waals surface area (Å²) in [7, 11) is 0. The molecule has 1 amide bonds. The second-order valence-corrected chi connectivity index (χ2v) is 8.76. The number of carbonyl (C=O) groups is 1. The number of rotatable bonds is 6. The minimum absolute atomic E-state index is 0.113. The molecule has 3 N–H and O–H groups in total. The highest BCUT2D eigenvalue weighted by Crippen LogP contribution is 2.36. The summed E-state index contributed by atoms with van der Waals surface area (Å²) in [5, 5.41) is 3.00. The van der Waals surface area contributed by atoms with Crippen LogP contribution in [0.4, 0.5) is 5.82 Å². The van der Waals surface area contributed by atoms with Gasteiger partial charge < -0.3 is 15.8 Å². The van der Waals surface area contributed by atoms with Gasteiger partial charge in [-0.05, 0) is 74.1 Å². The lowest BCUT2D eigenvalue weighted by Gasteiger charge is -2.27. The average Bonchev–Trinajstić information content (AvgIpc) is 3.26. The Kier molecular flexibility index (Phi) is 6.39. The Morgan fingerprint density at radius 2 is 1.71 bits per heavy atom. The molecule has 176 valence electrons. The number of carbonyl (C=O) groups excluding carboxylic acids is 1. The van der Waals surface area contributed by atoms with Gasteiger partial charge in [0.15, 0.2) is 0 Å². The van der Waals surface area contributed by atoms with Crippen LogP contribution in [0.15, 0.2) is 84.6 Å². The summed E-state index contributed by atoms with van der Waals surface area (Å²) in [5.41, 5.74) is 10.3. The number of aromatic nitrogens is 2. The van der Waals surface area contributed by atoms with Crippen LogP contribution in [0.1, 0.15) is 42.5 Å². The normalized spacial score (nSPS) is 20.1. The quantitative estimate of drug-likeness (QED) is 0.504. The fourth-order valence-corrected chi connectivity index (χ4v) is 4.60. The van der Waals surface area contributed by atoms with Crippen molar-refractivity contribution in [2.75, 3.05) is 5.73 Å². The van der Waals surface area contributed by atoms with Gasteiger partial charge in [0.2, 0.25) is 5.91 Å². The molecule has 35 heavy (non-hydrogen) atoms. The van der Waals surface area contributed by atoms with Gasteiger partial charge in [-0.3, -0.25) is 4.79 Å². The number of hydrogen-bond donors (Lipinski definition) is 2. The van der Waals surface area contributed by atoms with Crippen LogP contribution in [0.3, 0.4) is 0 Å². The van der Waals surface area contributed by atoms with Gasteiger partial charge in [0.1, 0.15) is 29.3 Å². The first kappa shape index (κ1) is 22.5. The van der Waals surface area contributed by atoms with E-state index in [2.05, 4.69) is 27.9 Å². The van der Waals surface area contributed by atoms with Crippen LogP contribution in [0, 0.1) is 5.92 Å². The monoisotopic (exact) mass is 465 g/mol. The van der Waals surface area contributed by atoms with Gasteiger partial charge >= 0.3 is 0 Å². The van der Waals surface area contributed by atoms with E-state index in [4.69, 9.17) is 15.5 Å². The maximum Gasteiger partial charge on any atom is 0.243 e. The van der Waals surface area contributed by atoms with Crippen LogP contribution in [-0.2, 0) is 4.79 Å². The molecule has 1 aromatic heterocycles. The lowest BCUT2D eigenvalue weighted by atomic mass is 9.85. The zero-order valence-corrected chi connectivity index (χ0v) is 19.4. The van der Waals surface area contributed by atoms with E-state index in [0.717, 1.165) is 65.4 Å². The molecular formula is C28H27N5O2. The summed E-state index contributed by atoms with van der Waals surface area (Å²) in [4.78, 5) is 25.3. The number of aliphatic imine (C=N–C) groups is 1. The average molecular weight is 466 g/mol. The summed E-state index contributed by atoms with van der Waals surface area (Å²) in [6, 6.07) is 17.7. The van der Waals surface area contributed by atoms with Gasteiger partial charge in [0.25, 0.3) is 0 Å². The van der Waals surface area contributed by atoms with Gasteiger partial charge in [-0.2, -0.15) is 0 Å². The number of fused-ring (bicyclic) bond motifs is 1. The Morgan fingerprint density at radius 1 is 1.00 bits per heavy atom. The smallest absolute Gasteiger partial charge is 0.243 e. The van der Waals surface area contributed by atoms with Gasteiger partial charge in [-0.15, -0.1) is 0 Å². The van der Waals surface area contributed by atoms with Gasteiger partial charge in [0.05, 0.1) is 17.0 Å². The Bertz CT molecular complexity index is 1290. The van der Waals surface area contributed by atoms with E-state index in [1.807, 2.05) is 54.6 Å². The highest BCUT2D eigenvalue weighted by atomic mass is 16.5. The van der Waals surface area contributed by atoms with Crippen LogP contribution < -0.4 is 15.8 Å². The largest absolute Gasteiger partial charge is 0.457 e. The molecule has 0 bridgehead atoms. The predicted octanol–water partition coefficient (Wildman–Crippen LogP) is 4.90. The summed E-state index contributed by atoms with van der Waals surface area (Å²) in [5.74, 6) is 2.18. The minimum atomic E-state index is -0.113. The third kappa shape index (κ3) is 4.99. The molecule has 7 nitrogen and oxygen atoms in total. The second-order valence-electron chi connectivity index (χ2n) is 8.76. The maximum atomic E-state index is 11.6. The first-order valence-corrected chi connectivity index (χ1v) is 11.8. The third-order valence-electron chi connectivity index (χ3n) is 6.39. The summed E-state index contributed by atoms with van der Waals surface area (Å²) in [6.45, 7) is 3.53. The van der Waals surface area contributed by atoms with Crippen molar-refractivity contribution in [3.8, 4) is 11.5 Å². The van der Waals surface area contributed by atoms with E-state index in [1.165, 1.54) is 12.4 Å². The summed E-state index contributed by atoms with van der Waals surface area (Å²) >= 11 is 0. The van der Waals surface area contributed by atoms with Crippen LogP contribution in [0.25, 0.3) is 5.70 Å². The highest BCUT2D eigenvalue weighted by Gasteiger charge is 2.28. The van der Waals surface area contributed by atoms with Crippen LogP contribution in [-0.4, -0.2) is 27.6 Å². The third-order valence-corrected chi connectivity index (χ3v) is 6.39. The molecule has 1 aliphatic heterocycles. The van der Waals surface area contributed by atoms with E-state index in [-0.39, 0.29) is 11.9 Å². The molecule has 0 saturated heterocycles. The first-order valence-electron chi connectivity index (χ1n) is 11.8. The van der Waals surface area contributed by atoms with Crippen molar-refractivity contribution >= 4 is 23.1 Å². The molecule has 7 heteroatoms. The standard InChI is InChI=1S/C28H27N5O2/c1-2-24(34)32-20-12-8-18(9-13-20)16-23-27-25(28(29)31-17-30-27)26(33-23)19-10-14-22(15-11-19)35-21-6-4-3-5-7-21/h2-7,10-11,14-18,20H,1,8-9,12-13H2,(H,32,34)(H2,29,30,31)/b23-16-. The van der Waals surface area contributed by atoms with Crippen molar-refractivity contribution in [1.29, 1.82) is 0 Å².